The van der Waals surface area contributed by atoms with E-state index < -0.39 is 16.5 Å². The Bertz CT molecular complexity index is 2480. The van der Waals surface area contributed by atoms with E-state index in [1.165, 1.54) is 46.9 Å². The smallest absolute Gasteiger partial charge is 0.660 e. The molecule has 2 nitrogen and oxygen atoms in total. The summed E-state index contributed by atoms with van der Waals surface area (Å²) < 4.78 is 1.22. The van der Waals surface area contributed by atoms with Crippen LogP contribution in [0.1, 0.15) is 131 Å². The molecule has 0 radical (unpaired) electrons. The Morgan fingerprint density at radius 3 is 1.13 bits per heavy atom. The zero-order chi connectivity index (χ0) is 59.5. The number of nitrogens with zero attached hydrogens (tertiary/aromatic N) is 1. The van der Waals surface area contributed by atoms with Gasteiger partial charge in [-0.05, 0) is 75.5 Å². The van der Waals surface area contributed by atoms with Gasteiger partial charge in [-0.25, -0.2) is 0 Å². The minimum absolute atomic E-state index is 0. The Hall–Kier alpha value is -3.42. The molecule has 1 N–H and O–H groups in total. The van der Waals surface area contributed by atoms with Crippen LogP contribution >= 0.6 is 31.9 Å². The van der Waals surface area contributed by atoms with Crippen LogP contribution in [0.5, 0.6) is 0 Å². The van der Waals surface area contributed by atoms with Crippen molar-refractivity contribution in [3.63, 3.8) is 0 Å². The largest absolute Gasteiger partial charge is 4.00 e. The van der Waals surface area contributed by atoms with Crippen molar-refractivity contribution in [2.45, 2.75) is 134 Å². The average Bonchev–Trinajstić information content (AvgIpc) is 3.93. The molecule has 2 saturated carbocycles. The molecule has 0 amide bonds. The van der Waals surface area contributed by atoms with Crippen LogP contribution in [0.25, 0.3) is 11.1 Å². The molecule has 3 aliphatic carbocycles. The van der Waals surface area contributed by atoms with Gasteiger partial charge in [0, 0.05) is 20.4 Å². The summed E-state index contributed by atoms with van der Waals surface area (Å²) in [6, 6.07) is 65.8. The Labute approximate surface area is 566 Å². The molecule has 7 aromatic carbocycles. The van der Waals surface area contributed by atoms with Crippen molar-refractivity contribution in [3.8, 4) is 0 Å². The fraction of sp³-hybridized carbons (Fsp3) is 0.320. The third kappa shape index (κ3) is 31.7. The Morgan fingerprint density at radius 1 is 0.506 bits per heavy atom. The number of fused-ring (bicyclic) bond motifs is 2. The Balaban J connectivity index is 0.000000966. The molecule has 2 fully saturated rings. The number of allylic oxidation sites excluding steroid dienone is 1. The van der Waals surface area contributed by atoms with Crippen LogP contribution in [0.4, 0.5) is 0 Å². The van der Waals surface area contributed by atoms with Crippen LogP contribution in [0.15, 0.2) is 210 Å². The van der Waals surface area contributed by atoms with Crippen molar-refractivity contribution >= 4 is 54.4 Å². The second-order valence-electron chi connectivity index (χ2n) is 24.5. The van der Waals surface area contributed by atoms with Gasteiger partial charge < -0.3 is 17.4 Å². The van der Waals surface area contributed by atoms with E-state index >= 15 is 0 Å². The number of benzene rings is 7. The SMILES string of the molecule is CC1=Cc2c(Br)cccc2C1[Si](C)(C)NC(C)(C)C.CC1CC2C(Br)CCCC2C1[Si](C)(C)[N-]C(C)(C)C.[CH2-]c1ccccc1.[CH2-]c1ccccc1.[CH2-]c1ccccc1.[CH2-]c1ccccc1.[CH2-]c1ccccc1.[CH2-]c1ccccc1.[CH3-].[Zr+4].[Zr+4]. The zero-order valence-electron chi connectivity index (χ0n) is 52.9. The van der Waals surface area contributed by atoms with Gasteiger partial charge in [0.05, 0.1) is 0 Å². The first-order valence-electron chi connectivity index (χ1n) is 28.5. The van der Waals surface area contributed by atoms with Gasteiger partial charge in [-0.1, -0.05) is 173 Å². The summed E-state index contributed by atoms with van der Waals surface area (Å²) in [4.78, 5) is 10.0. The van der Waals surface area contributed by atoms with Gasteiger partial charge in [0.25, 0.3) is 0 Å². The molecule has 6 atom stereocenters. The van der Waals surface area contributed by atoms with Gasteiger partial charge in [0.2, 0.25) is 0 Å². The van der Waals surface area contributed by atoms with E-state index in [1.807, 2.05) is 182 Å². The Kier molecular flexibility index (Phi) is 38.5. The van der Waals surface area contributed by atoms with Crippen molar-refractivity contribution in [2.24, 2.45) is 17.8 Å². The van der Waals surface area contributed by atoms with Crippen molar-refractivity contribution in [1.29, 1.82) is 0 Å². The summed E-state index contributed by atoms with van der Waals surface area (Å²) in [5.41, 5.74) is 12.6. The number of halogens is 2. The molecule has 83 heavy (non-hydrogen) atoms. The minimum Gasteiger partial charge on any atom is -0.660 e. The molecule has 10 rings (SSSR count). The van der Waals surface area contributed by atoms with E-state index in [-0.39, 0.29) is 70.9 Å². The normalized spacial score (nSPS) is 18.0. The molecule has 0 spiro atoms. The van der Waals surface area contributed by atoms with Crippen molar-refractivity contribution in [2.75, 3.05) is 0 Å². The van der Waals surface area contributed by atoms with E-state index in [0.717, 1.165) is 61.5 Å². The first-order chi connectivity index (χ1) is 37.6. The second-order valence-corrected chi connectivity index (χ2v) is 35.0. The van der Waals surface area contributed by atoms with E-state index in [4.69, 9.17) is 4.98 Å². The predicted octanol–water partition coefficient (Wildman–Crippen LogP) is 22.7. The summed E-state index contributed by atoms with van der Waals surface area (Å²) in [5.74, 6) is 2.75. The van der Waals surface area contributed by atoms with E-state index in [2.05, 4.69) is 184 Å². The molecule has 0 saturated heterocycles. The van der Waals surface area contributed by atoms with Crippen LogP contribution in [0, 0.1) is 66.7 Å². The maximum atomic E-state index is 5.31. The molecule has 8 heteroatoms. The fourth-order valence-electron chi connectivity index (χ4n) is 11.5. The van der Waals surface area contributed by atoms with Crippen molar-refractivity contribution in [1.82, 2.24) is 4.98 Å². The van der Waals surface area contributed by atoms with Gasteiger partial charge in [0.1, 0.15) is 8.24 Å². The molecule has 0 aromatic heterocycles. The average molecular weight is 1430 g/mol. The minimum atomic E-state index is -1.58. The van der Waals surface area contributed by atoms with Crippen LogP contribution in [0.3, 0.4) is 0 Å². The molecule has 6 unspecified atom stereocenters. The molecule has 0 aliphatic heterocycles. The summed E-state index contributed by atoms with van der Waals surface area (Å²) in [6.07, 6.45) is 8.04. The number of hydrogen-bond acceptors (Lipinski definition) is 1. The topological polar surface area (TPSA) is 26.1 Å². The Morgan fingerprint density at radius 2 is 0.843 bits per heavy atom. The second kappa shape index (κ2) is 40.1. The standard InChI is InChI=1S/C16H31BrNSi.C16H24BrNSi.6C7H7.CH3.2Zr/c2*1-11-10-13-12(8-7-9-14(13)17)15(11)19(5,6)18-16(2,3)4;6*1-7-5-3-2-4-6-7;;;/h11-15H,7-10H2,1-6H3;7-10,15,18H,1-6H3;6*2-6H,1H2;1H3;;/q-1;;7*-1;2*+4. The van der Waals surface area contributed by atoms with Crippen LogP contribution in [-0.2, 0) is 52.4 Å². The first-order valence-corrected chi connectivity index (χ1v) is 36.3. The molecule has 440 valence electrons. The number of nitrogens with one attached hydrogen (secondary N) is 1. The molecular formula is C75H100Br2N2Si2Zr2. The predicted molar refractivity (Wildman–Crippen MR) is 374 cm³/mol. The van der Waals surface area contributed by atoms with E-state index in [1.54, 1.807) is 0 Å². The summed E-state index contributed by atoms with van der Waals surface area (Å²) in [7, 11) is -3.08. The van der Waals surface area contributed by atoms with Gasteiger partial charge >= 0.3 is 52.4 Å². The van der Waals surface area contributed by atoms with Crippen LogP contribution in [-0.4, -0.2) is 32.4 Å². The third-order valence-electron chi connectivity index (χ3n) is 13.9. The molecule has 0 heterocycles. The van der Waals surface area contributed by atoms with E-state index in [9.17, 15) is 0 Å². The fourth-order valence-corrected chi connectivity index (χ4v) is 22.2. The van der Waals surface area contributed by atoms with Crippen molar-refractivity contribution < 1.29 is 52.4 Å². The first kappa shape index (κ1) is 79.6. The van der Waals surface area contributed by atoms with Gasteiger partial charge in [-0.2, -0.15) is 148 Å². The quantitative estimate of drug-likeness (QED) is 0.106. The molecule has 7 aromatic rings. The third-order valence-corrected chi connectivity index (χ3v) is 23.2. The van der Waals surface area contributed by atoms with Gasteiger partial charge in [-0.15, -0.1) is 78.3 Å². The van der Waals surface area contributed by atoms with Crippen LogP contribution < -0.4 is 4.98 Å². The summed E-state index contributed by atoms with van der Waals surface area (Å²) in [6.45, 7) is 50.6. The number of rotatable bonds is 4. The van der Waals surface area contributed by atoms with Gasteiger partial charge in [-0.3, -0.25) is 0 Å². The van der Waals surface area contributed by atoms with Gasteiger partial charge in [0.15, 0.2) is 0 Å². The number of hydrogen-bond donors (Lipinski definition) is 1. The van der Waals surface area contributed by atoms with Crippen LogP contribution in [0.2, 0.25) is 31.7 Å². The number of alkyl halides is 1. The monoisotopic (exact) mass is 1420 g/mol. The summed E-state index contributed by atoms with van der Waals surface area (Å²) in [5, 5.41) is 0. The molecule has 3 aliphatic rings. The maximum absolute atomic E-state index is 5.31. The molecule has 0 bridgehead atoms. The maximum Gasteiger partial charge on any atom is 4.00 e. The molecular weight excluding hydrogens is 1330 g/mol. The van der Waals surface area contributed by atoms with E-state index in [0.29, 0.717) is 5.54 Å². The summed E-state index contributed by atoms with van der Waals surface area (Å²) >= 11 is 7.64. The zero-order valence-corrected chi connectivity index (χ0v) is 63.0. The van der Waals surface area contributed by atoms with Crippen molar-refractivity contribution in [3.05, 3.63) is 309 Å².